The summed E-state index contributed by atoms with van der Waals surface area (Å²) in [4.78, 5) is 7.95. The van der Waals surface area contributed by atoms with Gasteiger partial charge in [-0.3, -0.25) is 0 Å². The minimum Gasteiger partial charge on any atom is -0.437 e. The smallest absolute Gasteiger partial charge is 0.224 e. The lowest BCUT2D eigenvalue weighted by molar-refractivity contribution is 0.460. The van der Waals surface area contributed by atoms with Crippen molar-refractivity contribution in [1.82, 2.24) is 9.97 Å². The predicted molar refractivity (Wildman–Crippen MR) is 62.8 cm³/mol. The van der Waals surface area contributed by atoms with Crippen LogP contribution in [0.25, 0.3) is 0 Å². The summed E-state index contributed by atoms with van der Waals surface area (Å²) >= 11 is 0. The average molecular weight is 226 g/mol. The number of aromatic nitrogens is 2. The molecule has 0 spiro atoms. The van der Waals surface area contributed by atoms with Gasteiger partial charge in [-0.05, 0) is 12.1 Å². The summed E-state index contributed by atoms with van der Waals surface area (Å²) in [5.41, 5.74) is 0.470. The molecule has 0 aliphatic carbocycles. The maximum atomic E-state index is 8.92. The molecule has 0 atom stereocenters. The Hall–Kier alpha value is -2.61. The summed E-state index contributed by atoms with van der Waals surface area (Å²) in [6, 6.07) is 10.7. The molecule has 1 heterocycles. The topological polar surface area (TPSA) is 70.8 Å². The molecule has 84 valence electrons. The third kappa shape index (κ3) is 2.49. The number of nitrogens with one attached hydrogen (secondary N) is 1. The van der Waals surface area contributed by atoms with Crippen molar-refractivity contribution < 1.29 is 4.74 Å². The Morgan fingerprint density at radius 2 is 2.12 bits per heavy atom. The SMILES string of the molecule is CNc1cc(Oc2ccccc2C#N)ncn1. The maximum absolute atomic E-state index is 8.92. The molecule has 1 aromatic carbocycles. The van der Waals surface area contributed by atoms with Crippen molar-refractivity contribution in [2.45, 2.75) is 0 Å². The van der Waals surface area contributed by atoms with Gasteiger partial charge in [-0.25, -0.2) is 9.97 Å². The zero-order valence-corrected chi connectivity index (χ0v) is 9.21. The van der Waals surface area contributed by atoms with E-state index in [-0.39, 0.29) is 0 Å². The summed E-state index contributed by atoms with van der Waals surface area (Å²) in [6.07, 6.45) is 1.40. The van der Waals surface area contributed by atoms with E-state index in [9.17, 15) is 0 Å². The summed E-state index contributed by atoms with van der Waals surface area (Å²) in [5, 5.41) is 11.8. The van der Waals surface area contributed by atoms with E-state index < -0.39 is 0 Å². The molecule has 0 aliphatic rings. The van der Waals surface area contributed by atoms with E-state index >= 15 is 0 Å². The number of benzene rings is 1. The summed E-state index contributed by atoms with van der Waals surface area (Å²) < 4.78 is 5.53. The van der Waals surface area contributed by atoms with Gasteiger partial charge in [-0.1, -0.05) is 12.1 Å². The van der Waals surface area contributed by atoms with Crippen molar-refractivity contribution in [2.75, 3.05) is 12.4 Å². The van der Waals surface area contributed by atoms with E-state index in [1.165, 1.54) is 6.33 Å². The molecule has 5 heteroatoms. The first kappa shape index (κ1) is 10.9. The number of rotatable bonds is 3. The standard InChI is InChI=1S/C12H10N4O/c1-14-11-6-12(16-8-15-11)17-10-5-3-2-4-9(10)7-13/h2-6,8H,1H3,(H,14,15,16). The van der Waals surface area contributed by atoms with Crippen LogP contribution in [0, 0.1) is 11.3 Å². The molecular formula is C12H10N4O. The van der Waals surface area contributed by atoms with Crippen molar-refractivity contribution in [3.05, 3.63) is 42.2 Å². The molecule has 1 aromatic heterocycles. The number of ether oxygens (including phenoxy) is 1. The van der Waals surface area contributed by atoms with E-state index in [0.717, 1.165) is 0 Å². The van der Waals surface area contributed by atoms with Crippen molar-refractivity contribution in [1.29, 1.82) is 5.26 Å². The first-order valence-corrected chi connectivity index (χ1v) is 5.00. The molecule has 2 rings (SSSR count). The Balaban J connectivity index is 2.28. The lowest BCUT2D eigenvalue weighted by Gasteiger charge is -2.06. The predicted octanol–water partition coefficient (Wildman–Crippen LogP) is 2.18. The minimum atomic E-state index is 0.395. The first-order valence-electron chi connectivity index (χ1n) is 5.00. The second-order valence-electron chi connectivity index (χ2n) is 3.20. The molecule has 0 amide bonds. The summed E-state index contributed by atoms with van der Waals surface area (Å²) in [5.74, 6) is 1.53. The highest BCUT2D eigenvalue weighted by molar-refractivity contribution is 5.45. The largest absolute Gasteiger partial charge is 0.437 e. The summed E-state index contributed by atoms with van der Waals surface area (Å²) in [6.45, 7) is 0. The molecule has 1 N–H and O–H groups in total. The number of hydrogen-bond donors (Lipinski definition) is 1. The van der Waals surface area contributed by atoms with Gasteiger partial charge in [-0.2, -0.15) is 5.26 Å². The van der Waals surface area contributed by atoms with Crippen LogP contribution < -0.4 is 10.1 Å². The first-order chi connectivity index (χ1) is 8.33. The van der Waals surface area contributed by atoms with Crippen LogP contribution in [0.1, 0.15) is 5.56 Å². The van der Waals surface area contributed by atoms with Gasteiger partial charge < -0.3 is 10.1 Å². The van der Waals surface area contributed by atoms with Gasteiger partial charge in [0.25, 0.3) is 0 Å². The molecular weight excluding hydrogens is 216 g/mol. The maximum Gasteiger partial charge on any atom is 0.224 e. The van der Waals surface area contributed by atoms with Crippen LogP contribution in [0.3, 0.4) is 0 Å². The lowest BCUT2D eigenvalue weighted by atomic mass is 10.2. The van der Waals surface area contributed by atoms with Crippen molar-refractivity contribution >= 4 is 5.82 Å². The third-order valence-electron chi connectivity index (χ3n) is 2.12. The Morgan fingerprint density at radius 1 is 1.29 bits per heavy atom. The zero-order valence-electron chi connectivity index (χ0n) is 9.21. The number of para-hydroxylation sites is 1. The normalized spacial score (nSPS) is 9.41. The zero-order chi connectivity index (χ0) is 12.1. The van der Waals surface area contributed by atoms with Gasteiger partial charge in [0, 0.05) is 13.1 Å². The van der Waals surface area contributed by atoms with Crippen LogP contribution in [-0.4, -0.2) is 17.0 Å². The fraction of sp³-hybridized carbons (Fsp3) is 0.0833. The molecule has 17 heavy (non-hydrogen) atoms. The Bertz CT molecular complexity index is 562. The van der Waals surface area contributed by atoms with Crippen LogP contribution in [0.15, 0.2) is 36.7 Å². The van der Waals surface area contributed by atoms with Gasteiger partial charge in [0.15, 0.2) is 0 Å². The van der Waals surface area contributed by atoms with Crippen LogP contribution in [0.5, 0.6) is 11.6 Å². The molecule has 0 radical (unpaired) electrons. The number of nitrogens with zero attached hydrogens (tertiary/aromatic N) is 3. The van der Waals surface area contributed by atoms with Crippen LogP contribution >= 0.6 is 0 Å². The fourth-order valence-electron chi connectivity index (χ4n) is 1.29. The van der Waals surface area contributed by atoms with E-state index in [4.69, 9.17) is 10.00 Å². The second kappa shape index (κ2) is 4.94. The Kier molecular flexibility index (Phi) is 3.17. The van der Waals surface area contributed by atoms with E-state index in [2.05, 4.69) is 21.4 Å². The average Bonchev–Trinajstić information content (AvgIpc) is 2.39. The molecule has 0 fully saturated rings. The molecule has 2 aromatic rings. The highest BCUT2D eigenvalue weighted by Crippen LogP contribution is 2.23. The molecule has 0 saturated heterocycles. The number of anilines is 1. The van der Waals surface area contributed by atoms with E-state index in [0.29, 0.717) is 23.0 Å². The number of hydrogen-bond acceptors (Lipinski definition) is 5. The van der Waals surface area contributed by atoms with E-state index in [1.54, 1.807) is 37.4 Å². The van der Waals surface area contributed by atoms with Gasteiger partial charge in [0.05, 0.1) is 5.56 Å². The fourth-order valence-corrected chi connectivity index (χ4v) is 1.29. The van der Waals surface area contributed by atoms with Crippen LogP contribution in [0.4, 0.5) is 5.82 Å². The van der Waals surface area contributed by atoms with Crippen molar-refractivity contribution in [3.8, 4) is 17.7 Å². The molecule has 0 saturated carbocycles. The minimum absolute atomic E-state index is 0.395. The summed E-state index contributed by atoms with van der Waals surface area (Å²) in [7, 11) is 1.76. The quantitative estimate of drug-likeness (QED) is 0.868. The van der Waals surface area contributed by atoms with Gasteiger partial charge in [0.1, 0.15) is 24.0 Å². The molecule has 0 aliphatic heterocycles. The van der Waals surface area contributed by atoms with Gasteiger partial charge in [-0.15, -0.1) is 0 Å². The van der Waals surface area contributed by atoms with Gasteiger partial charge >= 0.3 is 0 Å². The third-order valence-corrected chi connectivity index (χ3v) is 2.12. The van der Waals surface area contributed by atoms with Crippen LogP contribution in [0.2, 0.25) is 0 Å². The molecule has 0 bridgehead atoms. The highest BCUT2D eigenvalue weighted by Gasteiger charge is 2.05. The molecule has 5 nitrogen and oxygen atoms in total. The van der Waals surface area contributed by atoms with Crippen molar-refractivity contribution in [3.63, 3.8) is 0 Å². The van der Waals surface area contributed by atoms with Crippen molar-refractivity contribution in [2.24, 2.45) is 0 Å². The second-order valence-corrected chi connectivity index (χ2v) is 3.20. The van der Waals surface area contributed by atoms with Gasteiger partial charge in [0.2, 0.25) is 5.88 Å². The number of nitriles is 1. The highest BCUT2D eigenvalue weighted by atomic mass is 16.5. The Labute approximate surface area is 98.7 Å². The van der Waals surface area contributed by atoms with Crippen LogP contribution in [-0.2, 0) is 0 Å². The lowest BCUT2D eigenvalue weighted by Crippen LogP contribution is -1.95. The monoisotopic (exact) mass is 226 g/mol. The van der Waals surface area contributed by atoms with E-state index in [1.807, 2.05) is 0 Å². The molecule has 0 unspecified atom stereocenters. The Morgan fingerprint density at radius 3 is 2.88 bits per heavy atom.